The Hall–Kier alpha value is -1.84. The number of amides is 1. The quantitative estimate of drug-likeness (QED) is 0.769. The van der Waals surface area contributed by atoms with E-state index in [0.717, 1.165) is 18.4 Å². The third-order valence-corrected chi connectivity index (χ3v) is 3.62. The summed E-state index contributed by atoms with van der Waals surface area (Å²) >= 11 is 0. The molecule has 108 valence electrons. The van der Waals surface area contributed by atoms with Crippen LogP contribution in [0.25, 0.3) is 0 Å². The Morgan fingerprint density at radius 3 is 2.75 bits per heavy atom. The van der Waals surface area contributed by atoms with Crippen LogP contribution in [0.4, 0.5) is 0 Å². The van der Waals surface area contributed by atoms with Gasteiger partial charge in [-0.05, 0) is 42.9 Å². The Morgan fingerprint density at radius 1 is 1.25 bits per heavy atom. The predicted molar refractivity (Wildman–Crippen MR) is 76.4 cm³/mol. The number of nitrogens with zero attached hydrogens (tertiary/aromatic N) is 1. The summed E-state index contributed by atoms with van der Waals surface area (Å²) in [6, 6.07) is 6.26. The number of carbonyl (C=O) groups excluding carboxylic acids is 2. The number of hydrogen-bond acceptors (Lipinski definition) is 3. The van der Waals surface area contributed by atoms with Crippen molar-refractivity contribution >= 4 is 11.9 Å². The summed E-state index contributed by atoms with van der Waals surface area (Å²) in [4.78, 5) is 24.8. The van der Waals surface area contributed by atoms with E-state index in [1.54, 1.807) is 14.0 Å². The third-order valence-electron chi connectivity index (χ3n) is 3.62. The number of fused-ring (bicyclic) bond motifs is 1. The lowest BCUT2D eigenvalue weighted by Gasteiger charge is -2.16. The van der Waals surface area contributed by atoms with Crippen LogP contribution in [0.2, 0.25) is 0 Å². The maximum absolute atomic E-state index is 12.1. The molecule has 0 radical (unpaired) electrons. The summed E-state index contributed by atoms with van der Waals surface area (Å²) in [5.41, 5.74) is 3.79. The van der Waals surface area contributed by atoms with Crippen LogP contribution < -0.4 is 0 Å². The standard InChI is InChI=1S/C16H21NO3/c1-3-20-16(19)11-17(2)15(18)10-12-7-8-13-5-4-6-14(13)9-12/h7-9H,3-6,10-11H2,1-2H3. The second-order valence-electron chi connectivity index (χ2n) is 5.19. The van der Waals surface area contributed by atoms with Crippen LogP contribution in [-0.2, 0) is 33.6 Å². The summed E-state index contributed by atoms with van der Waals surface area (Å²) in [7, 11) is 1.63. The fraction of sp³-hybridized carbons (Fsp3) is 0.500. The number of rotatable bonds is 5. The first-order valence-corrected chi connectivity index (χ1v) is 7.10. The number of carbonyl (C=O) groups is 2. The van der Waals surface area contributed by atoms with E-state index in [1.165, 1.54) is 22.4 Å². The molecule has 1 aliphatic carbocycles. The largest absolute Gasteiger partial charge is 0.465 e. The van der Waals surface area contributed by atoms with Gasteiger partial charge in [0.25, 0.3) is 0 Å². The summed E-state index contributed by atoms with van der Waals surface area (Å²) < 4.78 is 4.84. The summed E-state index contributed by atoms with van der Waals surface area (Å²) in [6.07, 6.45) is 3.79. The minimum absolute atomic E-state index is 0.0115. The molecule has 20 heavy (non-hydrogen) atoms. The number of likely N-dealkylation sites (N-methyl/N-ethyl adjacent to an activating group) is 1. The summed E-state index contributed by atoms with van der Waals surface area (Å²) in [5.74, 6) is -0.423. The van der Waals surface area contributed by atoms with Gasteiger partial charge in [0.2, 0.25) is 5.91 Å². The second kappa shape index (κ2) is 6.55. The molecule has 0 unspecified atom stereocenters. The van der Waals surface area contributed by atoms with Gasteiger partial charge in [-0.3, -0.25) is 9.59 Å². The van der Waals surface area contributed by atoms with Gasteiger partial charge in [-0.1, -0.05) is 18.2 Å². The van der Waals surface area contributed by atoms with E-state index in [4.69, 9.17) is 4.74 Å². The van der Waals surface area contributed by atoms with Crippen molar-refractivity contribution in [3.8, 4) is 0 Å². The number of ether oxygens (including phenoxy) is 1. The highest BCUT2D eigenvalue weighted by molar-refractivity contribution is 5.83. The fourth-order valence-electron chi connectivity index (χ4n) is 2.53. The number of benzene rings is 1. The minimum Gasteiger partial charge on any atom is -0.465 e. The number of esters is 1. The molecule has 0 N–H and O–H groups in total. The van der Waals surface area contributed by atoms with E-state index in [-0.39, 0.29) is 18.4 Å². The molecule has 1 amide bonds. The minimum atomic E-state index is -0.364. The van der Waals surface area contributed by atoms with E-state index in [1.807, 2.05) is 6.07 Å². The van der Waals surface area contributed by atoms with Crippen molar-refractivity contribution in [2.45, 2.75) is 32.6 Å². The number of hydrogen-bond donors (Lipinski definition) is 0. The van der Waals surface area contributed by atoms with E-state index in [0.29, 0.717) is 13.0 Å². The zero-order valence-corrected chi connectivity index (χ0v) is 12.1. The molecule has 1 aromatic rings. The zero-order chi connectivity index (χ0) is 14.5. The molecule has 0 aliphatic heterocycles. The topological polar surface area (TPSA) is 46.6 Å². The van der Waals surface area contributed by atoms with E-state index >= 15 is 0 Å². The molecule has 0 saturated heterocycles. The average molecular weight is 275 g/mol. The van der Waals surface area contributed by atoms with Crippen molar-refractivity contribution in [1.29, 1.82) is 0 Å². The van der Waals surface area contributed by atoms with Crippen molar-refractivity contribution in [3.05, 3.63) is 34.9 Å². The molecule has 0 atom stereocenters. The van der Waals surface area contributed by atoms with Gasteiger partial charge < -0.3 is 9.64 Å². The van der Waals surface area contributed by atoms with Crippen LogP contribution in [0.5, 0.6) is 0 Å². The smallest absolute Gasteiger partial charge is 0.325 e. The summed E-state index contributed by atoms with van der Waals surface area (Å²) in [5, 5.41) is 0. The molecule has 0 heterocycles. The molecular weight excluding hydrogens is 254 g/mol. The first kappa shape index (κ1) is 14.6. The van der Waals surface area contributed by atoms with Crippen LogP contribution in [0.15, 0.2) is 18.2 Å². The Balaban J connectivity index is 1.92. The van der Waals surface area contributed by atoms with Crippen LogP contribution in [0.1, 0.15) is 30.0 Å². The monoisotopic (exact) mass is 275 g/mol. The molecule has 0 spiro atoms. The first-order chi connectivity index (χ1) is 9.60. The fourth-order valence-corrected chi connectivity index (χ4v) is 2.53. The van der Waals surface area contributed by atoms with Crippen molar-refractivity contribution in [2.75, 3.05) is 20.2 Å². The molecule has 0 saturated carbocycles. The highest BCUT2D eigenvalue weighted by atomic mass is 16.5. The van der Waals surface area contributed by atoms with Gasteiger partial charge in [-0.2, -0.15) is 0 Å². The molecule has 4 heteroatoms. The lowest BCUT2D eigenvalue weighted by atomic mass is 10.0. The van der Waals surface area contributed by atoms with Crippen molar-refractivity contribution < 1.29 is 14.3 Å². The highest BCUT2D eigenvalue weighted by Crippen LogP contribution is 2.23. The van der Waals surface area contributed by atoms with Crippen LogP contribution in [-0.4, -0.2) is 37.0 Å². The predicted octanol–water partition coefficient (Wildman–Crippen LogP) is 1.74. The van der Waals surface area contributed by atoms with Gasteiger partial charge in [0, 0.05) is 7.05 Å². The SMILES string of the molecule is CCOC(=O)CN(C)C(=O)Cc1ccc2c(c1)CCC2. The highest BCUT2D eigenvalue weighted by Gasteiger charge is 2.16. The molecular formula is C16H21NO3. The zero-order valence-electron chi connectivity index (χ0n) is 12.1. The lowest BCUT2D eigenvalue weighted by Crippen LogP contribution is -2.34. The van der Waals surface area contributed by atoms with Gasteiger partial charge in [-0.25, -0.2) is 0 Å². The normalized spacial score (nSPS) is 12.9. The lowest BCUT2D eigenvalue weighted by molar-refractivity contribution is -0.147. The Bertz CT molecular complexity index is 510. The Labute approximate surface area is 119 Å². The molecule has 4 nitrogen and oxygen atoms in total. The van der Waals surface area contributed by atoms with E-state index < -0.39 is 0 Å². The van der Waals surface area contributed by atoms with Gasteiger partial charge in [0.1, 0.15) is 6.54 Å². The van der Waals surface area contributed by atoms with Crippen LogP contribution in [0, 0.1) is 0 Å². The van der Waals surface area contributed by atoms with Gasteiger partial charge in [-0.15, -0.1) is 0 Å². The third kappa shape index (κ3) is 3.59. The summed E-state index contributed by atoms with van der Waals surface area (Å²) in [6.45, 7) is 2.10. The Kier molecular flexibility index (Phi) is 4.77. The van der Waals surface area contributed by atoms with Gasteiger partial charge in [0.05, 0.1) is 13.0 Å². The van der Waals surface area contributed by atoms with Gasteiger partial charge >= 0.3 is 5.97 Å². The average Bonchev–Trinajstić information content (AvgIpc) is 2.86. The van der Waals surface area contributed by atoms with Gasteiger partial charge in [0.15, 0.2) is 0 Å². The second-order valence-corrected chi connectivity index (χ2v) is 5.19. The molecule has 0 bridgehead atoms. The molecule has 2 rings (SSSR count). The first-order valence-electron chi connectivity index (χ1n) is 7.10. The van der Waals surface area contributed by atoms with Crippen molar-refractivity contribution in [3.63, 3.8) is 0 Å². The van der Waals surface area contributed by atoms with E-state index in [2.05, 4.69) is 12.1 Å². The molecule has 0 aromatic heterocycles. The molecule has 1 aliphatic rings. The van der Waals surface area contributed by atoms with Crippen molar-refractivity contribution in [1.82, 2.24) is 4.90 Å². The maximum atomic E-state index is 12.1. The Morgan fingerprint density at radius 2 is 2.00 bits per heavy atom. The maximum Gasteiger partial charge on any atom is 0.325 e. The van der Waals surface area contributed by atoms with Crippen LogP contribution in [0.3, 0.4) is 0 Å². The van der Waals surface area contributed by atoms with E-state index in [9.17, 15) is 9.59 Å². The van der Waals surface area contributed by atoms with Crippen molar-refractivity contribution in [2.24, 2.45) is 0 Å². The van der Waals surface area contributed by atoms with Crippen LogP contribution >= 0.6 is 0 Å². The number of aryl methyl sites for hydroxylation is 2. The molecule has 0 fully saturated rings. The molecule has 1 aromatic carbocycles.